The first-order valence-corrected chi connectivity index (χ1v) is 12.9. The van der Waals surface area contributed by atoms with Crippen LogP contribution in [0.2, 0.25) is 0 Å². The first kappa shape index (κ1) is 24.8. The van der Waals surface area contributed by atoms with E-state index in [0.29, 0.717) is 18.0 Å². The topological polar surface area (TPSA) is 79.0 Å². The second kappa shape index (κ2) is 11.8. The molecule has 0 aliphatic carbocycles. The minimum Gasteiger partial charge on any atom is -0.484 e. The van der Waals surface area contributed by atoms with Crippen molar-refractivity contribution in [3.05, 3.63) is 77.7 Å². The molecule has 0 unspecified atom stereocenters. The SMILES string of the molecule is CN(CCCNC(=O)COc1ccc(N(C)S(=O)(=O)c2cccs2)cc1)Cc1ccccc1. The molecule has 1 N–H and O–H groups in total. The summed E-state index contributed by atoms with van der Waals surface area (Å²) in [6, 6.07) is 20.2. The van der Waals surface area contributed by atoms with E-state index in [1.807, 2.05) is 18.2 Å². The van der Waals surface area contributed by atoms with E-state index in [9.17, 15) is 13.2 Å². The van der Waals surface area contributed by atoms with Gasteiger partial charge in [0, 0.05) is 20.1 Å². The second-order valence-corrected chi connectivity index (χ2v) is 10.8. The fourth-order valence-corrected chi connectivity index (χ4v) is 5.54. The molecule has 0 atom stereocenters. The van der Waals surface area contributed by atoms with Gasteiger partial charge in [-0.1, -0.05) is 36.4 Å². The number of benzene rings is 2. The minimum atomic E-state index is -3.58. The number of carbonyl (C=O) groups is 1. The van der Waals surface area contributed by atoms with Crippen LogP contribution in [0.4, 0.5) is 5.69 Å². The number of sulfonamides is 1. The number of nitrogens with zero attached hydrogens (tertiary/aromatic N) is 2. The number of thiophene rings is 1. The maximum Gasteiger partial charge on any atom is 0.273 e. The summed E-state index contributed by atoms with van der Waals surface area (Å²) in [5.41, 5.74) is 1.78. The van der Waals surface area contributed by atoms with Crippen LogP contribution >= 0.6 is 11.3 Å². The van der Waals surface area contributed by atoms with Gasteiger partial charge in [0.2, 0.25) is 0 Å². The van der Waals surface area contributed by atoms with Crippen LogP contribution in [0.25, 0.3) is 0 Å². The van der Waals surface area contributed by atoms with E-state index in [1.165, 1.54) is 28.3 Å². The van der Waals surface area contributed by atoms with Gasteiger partial charge < -0.3 is 15.0 Å². The van der Waals surface area contributed by atoms with Crippen LogP contribution in [0.5, 0.6) is 5.75 Å². The molecule has 1 heterocycles. The van der Waals surface area contributed by atoms with Crippen molar-refractivity contribution < 1.29 is 17.9 Å². The van der Waals surface area contributed by atoms with Gasteiger partial charge in [-0.05, 0) is 61.3 Å². The van der Waals surface area contributed by atoms with Crippen LogP contribution in [0.3, 0.4) is 0 Å². The fourth-order valence-electron chi connectivity index (χ4n) is 3.19. The predicted molar refractivity (Wildman–Crippen MR) is 132 cm³/mol. The molecule has 3 aromatic rings. The number of anilines is 1. The standard InChI is InChI=1S/C24H29N3O4S2/c1-26(18-20-8-4-3-5-9-20)16-7-15-25-23(28)19-31-22-13-11-21(12-14-22)27(2)33(29,30)24-10-6-17-32-24/h3-6,8-14,17H,7,15-16,18-19H2,1-2H3,(H,25,28). The Labute approximate surface area is 199 Å². The molecule has 0 saturated carbocycles. The normalized spacial score (nSPS) is 11.4. The minimum absolute atomic E-state index is 0.0947. The summed E-state index contributed by atoms with van der Waals surface area (Å²) in [7, 11) is -0.0109. The third kappa shape index (κ3) is 7.31. The third-order valence-corrected chi connectivity index (χ3v) is 8.17. The summed E-state index contributed by atoms with van der Waals surface area (Å²) < 4.78 is 32.2. The van der Waals surface area contributed by atoms with Crippen LogP contribution in [0.1, 0.15) is 12.0 Å². The van der Waals surface area contributed by atoms with Crippen LogP contribution < -0.4 is 14.4 Å². The Morgan fingerprint density at radius 1 is 1.00 bits per heavy atom. The maximum atomic E-state index is 12.6. The van der Waals surface area contributed by atoms with Gasteiger partial charge in [0.05, 0.1) is 5.69 Å². The van der Waals surface area contributed by atoms with E-state index in [1.54, 1.807) is 41.8 Å². The third-order valence-electron chi connectivity index (χ3n) is 5.01. The summed E-state index contributed by atoms with van der Waals surface area (Å²) in [6.45, 7) is 2.23. The lowest BCUT2D eigenvalue weighted by molar-refractivity contribution is -0.123. The average Bonchev–Trinajstić information content (AvgIpc) is 3.37. The van der Waals surface area contributed by atoms with Gasteiger partial charge in [-0.3, -0.25) is 9.10 Å². The highest BCUT2D eigenvalue weighted by molar-refractivity contribution is 7.94. The van der Waals surface area contributed by atoms with Crippen molar-refractivity contribution in [1.29, 1.82) is 0 Å². The van der Waals surface area contributed by atoms with E-state index in [-0.39, 0.29) is 16.7 Å². The molecule has 0 saturated heterocycles. The molecular formula is C24H29N3O4S2. The second-order valence-electron chi connectivity index (χ2n) is 7.61. The highest BCUT2D eigenvalue weighted by Crippen LogP contribution is 2.26. The summed E-state index contributed by atoms with van der Waals surface area (Å²) in [5.74, 6) is 0.306. The first-order chi connectivity index (χ1) is 15.9. The molecule has 9 heteroatoms. The van der Waals surface area contributed by atoms with Crippen LogP contribution in [-0.2, 0) is 21.4 Å². The molecule has 2 aromatic carbocycles. The lowest BCUT2D eigenvalue weighted by Gasteiger charge is -2.18. The quantitative estimate of drug-likeness (QED) is 0.395. The van der Waals surface area contributed by atoms with Gasteiger partial charge in [0.25, 0.3) is 15.9 Å². The zero-order chi connectivity index (χ0) is 23.7. The van der Waals surface area contributed by atoms with E-state index >= 15 is 0 Å². The smallest absolute Gasteiger partial charge is 0.273 e. The van der Waals surface area contributed by atoms with Crippen molar-refractivity contribution in [2.75, 3.05) is 38.1 Å². The van der Waals surface area contributed by atoms with Crippen molar-refractivity contribution in [3.63, 3.8) is 0 Å². The van der Waals surface area contributed by atoms with E-state index in [0.717, 1.165) is 19.5 Å². The van der Waals surface area contributed by atoms with Gasteiger partial charge in [-0.2, -0.15) is 0 Å². The zero-order valence-corrected chi connectivity index (χ0v) is 20.4. The van der Waals surface area contributed by atoms with Crippen molar-refractivity contribution in [2.45, 2.75) is 17.2 Å². The lowest BCUT2D eigenvalue weighted by atomic mass is 10.2. The first-order valence-electron chi connectivity index (χ1n) is 10.6. The highest BCUT2D eigenvalue weighted by atomic mass is 32.2. The van der Waals surface area contributed by atoms with E-state index in [4.69, 9.17) is 4.74 Å². The number of amides is 1. The fraction of sp³-hybridized carbons (Fsp3) is 0.292. The largest absolute Gasteiger partial charge is 0.484 e. The number of ether oxygens (including phenoxy) is 1. The van der Waals surface area contributed by atoms with Crippen molar-refractivity contribution in [2.24, 2.45) is 0 Å². The molecule has 1 amide bonds. The number of rotatable bonds is 12. The monoisotopic (exact) mass is 487 g/mol. The molecule has 0 bridgehead atoms. The molecule has 176 valence electrons. The van der Waals surface area contributed by atoms with Crippen LogP contribution in [0, 0.1) is 0 Å². The molecule has 33 heavy (non-hydrogen) atoms. The van der Waals surface area contributed by atoms with Crippen LogP contribution in [-0.4, -0.2) is 53.0 Å². The Balaban J connectivity index is 1.37. The van der Waals surface area contributed by atoms with Crippen molar-refractivity contribution >= 4 is 33.0 Å². The molecule has 0 fully saturated rings. The molecule has 0 spiro atoms. The van der Waals surface area contributed by atoms with E-state index in [2.05, 4.69) is 29.4 Å². The van der Waals surface area contributed by atoms with Gasteiger partial charge in [0.1, 0.15) is 9.96 Å². The average molecular weight is 488 g/mol. The molecule has 0 radical (unpaired) electrons. The summed E-state index contributed by atoms with van der Waals surface area (Å²) >= 11 is 1.18. The number of carbonyl (C=O) groups excluding carboxylic acids is 1. The maximum absolute atomic E-state index is 12.6. The van der Waals surface area contributed by atoms with Crippen molar-refractivity contribution in [1.82, 2.24) is 10.2 Å². The Hall–Kier alpha value is -2.88. The highest BCUT2D eigenvalue weighted by Gasteiger charge is 2.22. The Bertz CT molecular complexity index is 1100. The number of hydrogen-bond donors (Lipinski definition) is 1. The van der Waals surface area contributed by atoms with Gasteiger partial charge in [0.15, 0.2) is 6.61 Å². The Kier molecular flexibility index (Phi) is 8.87. The summed E-state index contributed by atoms with van der Waals surface area (Å²) in [4.78, 5) is 14.3. The summed E-state index contributed by atoms with van der Waals surface area (Å²) in [6.07, 6.45) is 0.842. The van der Waals surface area contributed by atoms with Crippen molar-refractivity contribution in [3.8, 4) is 5.75 Å². The molecule has 1 aromatic heterocycles. The molecule has 7 nitrogen and oxygen atoms in total. The Morgan fingerprint density at radius 2 is 1.73 bits per heavy atom. The van der Waals surface area contributed by atoms with Gasteiger partial charge in [-0.25, -0.2) is 8.42 Å². The molecule has 0 aliphatic heterocycles. The number of nitrogens with one attached hydrogen (secondary N) is 1. The number of hydrogen-bond acceptors (Lipinski definition) is 6. The molecule has 0 aliphatic rings. The lowest BCUT2D eigenvalue weighted by Crippen LogP contribution is -2.31. The van der Waals surface area contributed by atoms with Gasteiger partial charge in [-0.15, -0.1) is 11.3 Å². The van der Waals surface area contributed by atoms with Crippen LogP contribution in [0.15, 0.2) is 76.3 Å². The van der Waals surface area contributed by atoms with E-state index < -0.39 is 10.0 Å². The predicted octanol–water partition coefficient (Wildman–Crippen LogP) is 3.59. The molecule has 3 rings (SSSR count). The zero-order valence-electron chi connectivity index (χ0n) is 18.8. The summed E-state index contributed by atoms with van der Waals surface area (Å²) in [5, 5.41) is 4.59. The Morgan fingerprint density at radius 3 is 2.39 bits per heavy atom. The molecular weight excluding hydrogens is 458 g/mol. The van der Waals surface area contributed by atoms with Gasteiger partial charge >= 0.3 is 0 Å².